The summed E-state index contributed by atoms with van der Waals surface area (Å²) in [7, 11) is 1.61. The molecule has 1 fully saturated rings. The maximum Gasteiger partial charge on any atom is 0.408 e. The van der Waals surface area contributed by atoms with Gasteiger partial charge in [-0.05, 0) is 55.8 Å². The number of nitrogens with two attached hydrogens (primary N) is 1. The standard InChI is InChI=1S/C27H37N3O6/c1-26(2,3)22(29-25(33)36-27(4,5)6)24(32)30-15-18(14-20(30)23(28)31)35-21-10-8-9-16-13-17(34-7)11-12-19(16)21/h8-13,18,20,22H,14-15H2,1-7H3,(H2,28,31)(H,29,33)/t18?,20-,22+/m0/s1. The third-order valence-corrected chi connectivity index (χ3v) is 5.99. The molecule has 0 radical (unpaired) electrons. The highest BCUT2D eigenvalue weighted by molar-refractivity contribution is 5.92. The summed E-state index contributed by atoms with van der Waals surface area (Å²) >= 11 is 0. The van der Waals surface area contributed by atoms with Gasteiger partial charge in [-0.15, -0.1) is 0 Å². The minimum atomic E-state index is -0.932. The summed E-state index contributed by atoms with van der Waals surface area (Å²) in [5.41, 5.74) is 4.31. The zero-order chi connectivity index (χ0) is 26.8. The first-order valence-electron chi connectivity index (χ1n) is 12.0. The second-order valence-electron chi connectivity index (χ2n) is 11.2. The minimum absolute atomic E-state index is 0.154. The number of alkyl carbamates (subject to hydrolysis) is 1. The summed E-state index contributed by atoms with van der Waals surface area (Å²) in [5.74, 6) is 0.335. The molecule has 3 rings (SSSR count). The lowest BCUT2D eigenvalue weighted by Gasteiger charge is -2.35. The molecule has 0 saturated carbocycles. The molecule has 36 heavy (non-hydrogen) atoms. The highest BCUT2D eigenvalue weighted by Gasteiger charge is 2.45. The van der Waals surface area contributed by atoms with Crippen molar-refractivity contribution < 1.29 is 28.6 Å². The van der Waals surface area contributed by atoms with Crippen molar-refractivity contribution in [1.82, 2.24) is 10.2 Å². The Morgan fingerprint density at radius 1 is 1.08 bits per heavy atom. The van der Waals surface area contributed by atoms with Gasteiger partial charge < -0.3 is 30.2 Å². The van der Waals surface area contributed by atoms with Crippen LogP contribution in [0.15, 0.2) is 36.4 Å². The first-order chi connectivity index (χ1) is 16.7. The van der Waals surface area contributed by atoms with E-state index in [1.807, 2.05) is 57.2 Å². The van der Waals surface area contributed by atoms with Gasteiger partial charge >= 0.3 is 6.09 Å². The molecule has 1 aliphatic heterocycles. The monoisotopic (exact) mass is 499 g/mol. The van der Waals surface area contributed by atoms with Gasteiger partial charge in [0, 0.05) is 11.8 Å². The molecule has 3 atom stereocenters. The molecule has 9 nitrogen and oxygen atoms in total. The smallest absolute Gasteiger partial charge is 0.408 e. The summed E-state index contributed by atoms with van der Waals surface area (Å²) in [5, 5.41) is 4.52. The van der Waals surface area contributed by atoms with Crippen LogP contribution in [-0.4, -0.2) is 60.3 Å². The average molecular weight is 500 g/mol. The highest BCUT2D eigenvalue weighted by Crippen LogP contribution is 2.32. The number of benzene rings is 2. The number of ether oxygens (including phenoxy) is 3. The number of carbonyl (C=O) groups excluding carboxylic acids is 3. The van der Waals surface area contributed by atoms with Crippen molar-refractivity contribution in [3.63, 3.8) is 0 Å². The average Bonchev–Trinajstić information content (AvgIpc) is 3.19. The van der Waals surface area contributed by atoms with Crippen molar-refractivity contribution in [3.05, 3.63) is 36.4 Å². The normalized spacial score (nSPS) is 19.0. The fraction of sp³-hybridized carbons (Fsp3) is 0.519. The number of primary amides is 1. The maximum absolute atomic E-state index is 13.7. The van der Waals surface area contributed by atoms with E-state index in [-0.39, 0.29) is 13.0 Å². The first-order valence-corrected chi connectivity index (χ1v) is 12.0. The Morgan fingerprint density at radius 3 is 2.36 bits per heavy atom. The van der Waals surface area contributed by atoms with Gasteiger partial charge in [0.05, 0.1) is 13.7 Å². The lowest BCUT2D eigenvalue weighted by Crippen LogP contribution is -2.58. The highest BCUT2D eigenvalue weighted by atomic mass is 16.6. The largest absolute Gasteiger partial charge is 0.497 e. The molecule has 196 valence electrons. The number of amides is 3. The zero-order valence-corrected chi connectivity index (χ0v) is 22.1. The van der Waals surface area contributed by atoms with Gasteiger partial charge in [0.1, 0.15) is 35.3 Å². The number of likely N-dealkylation sites (tertiary alicyclic amines) is 1. The van der Waals surface area contributed by atoms with Gasteiger partial charge in [-0.1, -0.05) is 32.9 Å². The van der Waals surface area contributed by atoms with Crippen LogP contribution < -0.4 is 20.5 Å². The van der Waals surface area contributed by atoms with Crippen LogP contribution in [0.5, 0.6) is 11.5 Å². The van der Waals surface area contributed by atoms with E-state index in [9.17, 15) is 14.4 Å². The van der Waals surface area contributed by atoms with E-state index >= 15 is 0 Å². The summed E-state index contributed by atoms with van der Waals surface area (Å²) in [4.78, 5) is 39.9. The number of methoxy groups -OCH3 is 1. The number of nitrogens with one attached hydrogen (secondary N) is 1. The van der Waals surface area contributed by atoms with E-state index < -0.39 is 47.1 Å². The predicted molar refractivity (Wildman–Crippen MR) is 137 cm³/mol. The van der Waals surface area contributed by atoms with Crippen molar-refractivity contribution in [2.75, 3.05) is 13.7 Å². The lowest BCUT2D eigenvalue weighted by atomic mass is 9.85. The third kappa shape index (κ3) is 6.38. The molecule has 3 amide bonds. The predicted octanol–water partition coefficient (Wildman–Crippen LogP) is 3.62. The second-order valence-corrected chi connectivity index (χ2v) is 11.2. The van der Waals surface area contributed by atoms with E-state index in [0.717, 1.165) is 16.5 Å². The molecule has 9 heteroatoms. The molecule has 1 heterocycles. The second kappa shape index (κ2) is 10.2. The molecule has 0 bridgehead atoms. The van der Waals surface area contributed by atoms with Crippen molar-refractivity contribution in [3.8, 4) is 11.5 Å². The van der Waals surface area contributed by atoms with Crippen LogP contribution in [0.1, 0.15) is 48.0 Å². The summed E-state index contributed by atoms with van der Waals surface area (Å²) in [6.45, 7) is 10.9. The Bertz CT molecular complexity index is 1130. The first kappa shape index (κ1) is 27.1. The van der Waals surface area contributed by atoms with Gasteiger partial charge in [-0.2, -0.15) is 0 Å². The SMILES string of the molecule is COc1ccc2c(OC3C[C@@H](C(N)=O)N(C(=O)[C@@H](NC(=O)OC(C)(C)C)C(C)(C)C)C3)cccc2c1. The summed E-state index contributed by atoms with van der Waals surface area (Å²) in [6.07, 6.45) is -0.914. The molecule has 1 saturated heterocycles. The Labute approximate surface area is 212 Å². The number of nitrogens with zero attached hydrogens (tertiary/aromatic N) is 1. The Hall–Kier alpha value is -3.49. The van der Waals surface area contributed by atoms with Crippen LogP contribution in [-0.2, 0) is 14.3 Å². The van der Waals surface area contributed by atoms with E-state index in [4.69, 9.17) is 19.9 Å². The summed E-state index contributed by atoms with van der Waals surface area (Å²) in [6, 6.07) is 9.56. The third-order valence-electron chi connectivity index (χ3n) is 5.99. The Kier molecular flexibility index (Phi) is 7.71. The van der Waals surface area contributed by atoms with Crippen LogP contribution >= 0.6 is 0 Å². The lowest BCUT2D eigenvalue weighted by molar-refractivity contribution is -0.141. The molecular formula is C27H37N3O6. The van der Waals surface area contributed by atoms with Gasteiger partial charge in [-0.25, -0.2) is 4.79 Å². The van der Waals surface area contributed by atoms with Gasteiger partial charge in [0.2, 0.25) is 11.8 Å². The Balaban J connectivity index is 1.83. The molecular weight excluding hydrogens is 462 g/mol. The minimum Gasteiger partial charge on any atom is -0.497 e. The van der Waals surface area contributed by atoms with Crippen LogP contribution in [0.3, 0.4) is 0 Å². The van der Waals surface area contributed by atoms with Crippen LogP contribution in [0.25, 0.3) is 10.8 Å². The molecule has 2 aromatic carbocycles. The van der Waals surface area contributed by atoms with E-state index in [2.05, 4.69) is 5.32 Å². The van der Waals surface area contributed by atoms with Crippen molar-refractivity contribution in [2.45, 2.75) is 71.8 Å². The van der Waals surface area contributed by atoms with Crippen molar-refractivity contribution >= 4 is 28.7 Å². The fourth-order valence-electron chi connectivity index (χ4n) is 4.28. The van der Waals surface area contributed by atoms with Gasteiger partial charge in [0.15, 0.2) is 0 Å². The number of hydrogen-bond donors (Lipinski definition) is 2. The molecule has 1 aliphatic rings. The number of rotatable bonds is 6. The van der Waals surface area contributed by atoms with Crippen LogP contribution in [0.4, 0.5) is 4.79 Å². The van der Waals surface area contributed by atoms with Crippen molar-refractivity contribution in [2.24, 2.45) is 11.1 Å². The maximum atomic E-state index is 13.7. The fourth-order valence-corrected chi connectivity index (χ4v) is 4.28. The molecule has 3 N–H and O–H groups in total. The topological polar surface area (TPSA) is 120 Å². The van der Waals surface area contributed by atoms with Crippen LogP contribution in [0, 0.1) is 5.41 Å². The van der Waals surface area contributed by atoms with Gasteiger partial charge in [0.25, 0.3) is 0 Å². The zero-order valence-electron chi connectivity index (χ0n) is 22.1. The molecule has 0 spiro atoms. The van der Waals surface area contributed by atoms with Crippen LogP contribution in [0.2, 0.25) is 0 Å². The van der Waals surface area contributed by atoms with E-state index in [1.54, 1.807) is 27.9 Å². The quantitative estimate of drug-likeness (QED) is 0.626. The molecule has 0 aromatic heterocycles. The molecule has 2 aromatic rings. The molecule has 1 unspecified atom stereocenters. The number of hydrogen-bond acceptors (Lipinski definition) is 6. The number of fused-ring (bicyclic) bond motifs is 1. The van der Waals surface area contributed by atoms with Crippen molar-refractivity contribution in [1.29, 1.82) is 0 Å². The summed E-state index contributed by atoms with van der Waals surface area (Å²) < 4.78 is 16.9. The van der Waals surface area contributed by atoms with E-state index in [0.29, 0.717) is 5.75 Å². The molecule has 0 aliphatic carbocycles. The van der Waals surface area contributed by atoms with E-state index in [1.165, 1.54) is 4.90 Å². The number of carbonyl (C=O) groups is 3. The van der Waals surface area contributed by atoms with Gasteiger partial charge in [-0.3, -0.25) is 9.59 Å². The Morgan fingerprint density at radius 2 is 1.78 bits per heavy atom.